The minimum atomic E-state index is -1.21. The highest BCUT2D eigenvalue weighted by Gasteiger charge is 2.56. The van der Waals surface area contributed by atoms with Gasteiger partial charge in [-0.3, -0.25) is 14.5 Å². The van der Waals surface area contributed by atoms with Gasteiger partial charge in [-0.1, -0.05) is 51.5 Å². The molecule has 4 heterocycles. The molecule has 4 N–H and O–H groups in total. The standard InChI is InChI=1S/C18H15Cl2N7O5S4/c19-18(20)1-8(18)32-26-9(7-4-34-16(21)23-7)12(28)24-10-13(29)27-11(15(30)31)6(2-33-14(10)27)3-35-17-25-22-5-36-17/h4-5,8,10,14H,1-3H2,(H2,21,23)(H,24,28)(H,30,31)/b26-9-/t8?,10-,14-/m1/s1. The van der Waals surface area contributed by atoms with Crippen molar-refractivity contribution >= 4 is 98.0 Å². The van der Waals surface area contributed by atoms with Gasteiger partial charge in [0.1, 0.15) is 28.3 Å². The predicted octanol–water partition coefficient (Wildman–Crippen LogP) is 1.77. The van der Waals surface area contributed by atoms with Crippen LogP contribution < -0.4 is 11.1 Å². The fourth-order valence-corrected chi connectivity index (χ4v) is 7.28. The molecule has 0 aromatic carbocycles. The Morgan fingerprint density at radius 1 is 1.42 bits per heavy atom. The number of thioether (sulfide) groups is 2. The summed E-state index contributed by atoms with van der Waals surface area (Å²) >= 11 is 17.1. The molecule has 2 amide bonds. The SMILES string of the molecule is Nc1nc(/C(=N/OC2CC2(Cl)Cl)C(=O)N[C@@H]2C(=O)N3C(C(=O)O)=C(CSc4nncs4)CS[C@H]23)cs1. The summed E-state index contributed by atoms with van der Waals surface area (Å²) in [4.78, 5) is 48.7. The van der Waals surface area contributed by atoms with E-state index in [1.165, 1.54) is 45.1 Å². The number of carboxylic acids is 1. The highest BCUT2D eigenvalue weighted by atomic mass is 35.5. The third kappa shape index (κ3) is 5.02. The van der Waals surface area contributed by atoms with E-state index in [9.17, 15) is 19.5 Å². The second kappa shape index (κ2) is 9.98. The lowest BCUT2D eigenvalue weighted by Gasteiger charge is -2.49. The molecule has 0 radical (unpaired) electrons. The van der Waals surface area contributed by atoms with Crippen molar-refractivity contribution in [2.24, 2.45) is 5.16 Å². The number of fused-ring (bicyclic) bond motifs is 1. The zero-order valence-electron chi connectivity index (χ0n) is 17.8. The molecule has 18 heteroatoms. The average molecular weight is 609 g/mol. The van der Waals surface area contributed by atoms with Gasteiger partial charge < -0.3 is 21.0 Å². The van der Waals surface area contributed by atoms with Gasteiger partial charge in [-0.05, 0) is 5.57 Å². The fourth-order valence-electron chi connectivity index (χ4n) is 3.40. The maximum atomic E-state index is 13.1. The van der Waals surface area contributed by atoms with Crippen molar-refractivity contribution in [1.29, 1.82) is 0 Å². The molecule has 3 atom stereocenters. The maximum absolute atomic E-state index is 13.1. The monoisotopic (exact) mass is 607 g/mol. The van der Waals surface area contributed by atoms with E-state index in [0.717, 1.165) is 11.3 Å². The Labute approximate surface area is 229 Å². The molecular formula is C18H15Cl2N7O5S4. The number of nitrogens with one attached hydrogen (secondary N) is 1. The molecule has 2 aromatic rings. The van der Waals surface area contributed by atoms with Crippen LogP contribution in [0.3, 0.4) is 0 Å². The topological polar surface area (TPSA) is 173 Å². The van der Waals surface area contributed by atoms with Crippen LogP contribution >= 0.6 is 69.4 Å². The van der Waals surface area contributed by atoms with Crippen molar-refractivity contribution in [2.45, 2.75) is 32.6 Å². The van der Waals surface area contributed by atoms with Gasteiger partial charge >= 0.3 is 5.97 Å². The number of aliphatic carboxylic acids is 1. The van der Waals surface area contributed by atoms with Crippen LogP contribution in [0.25, 0.3) is 0 Å². The second-order valence-corrected chi connectivity index (χ2v) is 13.3. The fraction of sp³-hybridized carbons (Fsp3) is 0.389. The number of aromatic nitrogens is 3. The summed E-state index contributed by atoms with van der Waals surface area (Å²) in [6, 6.07) is -0.962. The molecule has 12 nitrogen and oxygen atoms in total. The molecule has 5 rings (SSSR count). The molecule has 1 saturated carbocycles. The van der Waals surface area contributed by atoms with Crippen molar-refractivity contribution in [3.8, 4) is 0 Å². The van der Waals surface area contributed by atoms with Gasteiger partial charge in [-0.15, -0.1) is 33.3 Å². The van der Waals surface area contributed by atoms with Crippen molar-refractivity contribution in [3.63, 3.8) is 0 Å². The first-order chi connectivity index (χ1) is 17.2. The molecule has 1 aliphatic carbocycles. The summed E-state index contributed by atoms with van der Waals surface area (Å²) in [7, 11) is 0. The molecule has 1 unspecified atom stereocenters. The zero-order chi connectivity index (χ0) is 25.6. The van der Waals surface area contributed by atoms with Crippen LogP contribution in [-0.4, -0.2) is 82.0 Å². The van der Waals surface area contributed by atoms with E-state index in [1.807, 2.05) is 0 Å². The Bertz CT molecular complexity index is 1280. The first-order valence-electron chi connectivity index (χ1n) is 10.1. The van der Waals surface area contributed by atoms with Crippen LogP contribution in [0.1, 0.15) is 12.1 Å². The van der Waals surface area contributed by atoms with E-state index in [0.29, 0.717) is 27.8 Å². The van der Waals surface area contributed by atoms with E-state index in [-0.39, 0.29) is 22.2 Å². The third-order valence-corrected chi connectivity index (χ3v) is 10.0. The molecule has 0 bridgehead atoms. The number of hydrogen-bond donors (Lipinski definition) is 3. The first kappa shape index (κ1) is 25.5. The lowest BCUT2D eigenvalue weighted by Crippen LogP contribution is -2.71. The van der Waals surface area contributed by atoms with Crippen molar-refractivity contribution in [2.75, 3.05) is 17.2 Å². The first-order valence-corrected chi connectivity index (χ1v) is 14.6. The van der Waals surface area contributed by atoms with Gasteiger partial charge in [0, 0.05) is 23.3 Å². The van der Waals surface area contributed by atoms with Crippen LogP contribution in [-0.2, 0) is 19.2 Å². The van der Waals surface area contributed by atoms with Crippen molar-refractivity contribution in [1.82, 2.24) is 25.4 Å². The molecule has 3 aliphatic rings. The van der Waals surface area contributed by atoms with Crippen LogP contribution in [0.15, 0.2) is 31.7 Å². The van der Waals surface area contributed by atoms with E-state index in [4.69, 9.17) is 33.8 Å². The van der Waals surface area contributed by atoms with Crippen LogP contribution in [0.4, 0.5) is 5.13 Å². The minimum Gasteiger partial charge on any atom is -0.477 e. The molecule has 36 heavy (non-hydrogen) atoms. The number of nitrogen functional groups attached to an aromatic ring is 1. The molecular weight excluding hydrogens is 593 g/mol. The summed E-state index contributed by atoms with van der Waals surface area (Å²) in [5, 5.41) is 25.2. The molecule has 2 aliphatic heterocycles. The number of alkyl halides is 2. The Hall–Kier alpha value is -2.11. The lowest BCUT2D eigenvalue weighted by atomic mass is 10.0. The van der Waals surface area contributed by atoms with E-state index >= 15 is 0 Å². The summed E-state index contributed by atoms with van der Waals surface area (Å²) in [6.45, 7) is 0. The Kier molecular flexibility index (Phi) is 7.08. The number of thiazole rings is 1. The van der Waals surface area contributed by atoms with Crippen LogP contribution in [0.5, 0.6) is 0 Å². The Morgan fingerprint density at radius 2 is 2.19 bits per heavy atom. The smallest absolute Gasteiger partial charge is 0.352 e. The number of nitrogens with two attached hydrogens (primary N) is 1. The number of rotatable bonds is 9. The number of oxime groups is 1. The number of halogens is 2. The van der Waals surface area contributed by atoms with Crippen LogP contribution in [0.2, 0.25) is 0 Å². The van der Waals surface area contributed by atoms with Gasteiger partial charge in [0.15, 0.2) is 25.6 Å². The number of amides is 2. The zero-order valence-corrected chi connectivity index (χ0v) is 22.6. The van der Waals surface area contributed by atoms with Gasteiger partial charge in [0.25, 0.3) is 11.8 Å². The summed E-state index contributed by atoms with van der Waals surface area (Å²) in [6.07, 6.45) is -0.249. The van der Waals surface area contributed by atoms with E-state index < -0.39 is 39.6 Å². The van der Waals surface area contributed by atoms with Gasteiger partial charge in [0.2, 0.25) is 0 Å². The third-order valence-electron chi connectivity index (χ3n) is 5.27. The van der Waals surface area contributed by atoms with Gasteiger partial charge in [-0.2, -0.15) is 0 Å². The lowest BCUT2D eigenvalue weighted by molar-refractivity contribution is -0.150. The Balaban J connectivity index is 1.31. The number of anilines is 1. The number of hydrogen-bond acceptors (Lipinski definition) is 13. The number of carbonyl (C=O) groups excluding carboxylic acids is 2. The van der Waals surface area contributed by atoms with E-state index in [1.54, 1.807) is 5.51 Å². The molecule has 0 spiro atoms. The normalized spacial score (nSPS) is 24.7. The largest absolute Gasteiger partial charge is 0.477 e. The average Bonchev–Trinajstić information content (AvgIpc) is 3.23. The van der Waals surface area contributed by atoms with E-state index in [2.05, 4.69) is 25.7 Å². The molecule has 2 aromatic heterocycles. The molecule has 190 valence electrons. The Morgan fingerprint density at radius 3 is 2.81 bits per heavy atom. The summed E-state index contributed by atoms with van der Waals surface area (Å²) in [5.41, 5.74) is 7.75. The van der Waals surface area contributed by atoms with Crippen molar-refractivity contribution < 1.29 is 24.3 Å². The molecule has 2 fully saturated rings. The predicted molar refractivity (Wildman–Crippen MR) is 137 cm³/mol. The quantitative estimate of drug-likeness (QED) is 0.125. The number of nitrogens with zero attached hydrogens (tertiary/aromatic N) is 5. The highest BCUT2D eigenvalue weighted by molar-refractivity contribution is 8.01. The van der Waals surface area contributed by atoms with Crippen molar-refractivity contribution in [3.05, 3.63) is 27.9 Å². The van der Waals surface area contributed by atoms with Gasteiger partial charge in [-0.25, -0.2) is 9.78 Å². The highest BCUT2D eigenvalue weighted by Crippen LogP contribution is 2.49. The molecule has 1 saturated heterocycles. The van der Waals surface area contributed by atoms with Crippen LogP contribution in [0, 0.1) is 0 Å². The minimum absolute atomic E-state index is 0.0786. The number of carboxylic acid groups (broad SMARTS) is 1. The number of β-lactam (4-membered cyclic amide) rings is 1. The second-order valence-electron chi connectivity index (χ2n) is 7.68. The number of carbonyl (C=O) groups is 3. The summed E-state index contributed by atoms with van der Waals surface area (Å²) < 4.78 is -0.385. The maximum Gasteiger partial charge on any atom is 0.352 e. The van der Waals surface area contributed by atoms with Gasteiger partial charge in [0.05, 0.1) is 0 Å². The summed E-state index contributed by atoms with van der Waals surface area (Å²) in [5.74, 6) is -1.77.